The van der Waals surface area contributed by atoms with E-state index in [0.717, 1.165) is 31.5 Å². The summed E-state index contributed by atoms with van der Waals surface area (Å²) in [6, 6.07) is 4.86. The van der Waals surface area contributed by atoms with Crippen molar-refractivity contribution < 1.29 is 9.18 Å². The van der Waals surface area contributed by atoms with Crippen LogP contribution < -0.4 is 5.32 Å². The van der Waals surface area contributed by atoms with Gasteiger partial charge in [0.2, 0.25) is 5.91 Å². The van der Waals surface area contributed by atoms with Gasteiger partial charge in [0, 0.05) is 0 Å². The topological polar surface area (TPSA) is 32.3 Å². The highest BCUT2D eigenvalue weighted by atomic mass is 19.1. The summed E-state index contributed by atoms with van der Waals surface area (Å²) in [7, 11) is 0. The summed E-state index contributed by atoms with van der Waals surface area (Å²) in [5, 5.41) is 2.67. The Hall–Kier alpha value is -1.42. The molecule has 4 heteroatoms. The number of hydrogen-bond donors (Lipinski definition) is 1. The van der Waals surface area contributed by atoms with Crippen LogP contribution in [-0.2, 0) is 4.79 Å². The molecule has 0 aromatic heterocycles. The van der Waals surface area contributed by atoms with Gasteiger partial charge in [-0.3, -0.25) is 9.69 Å². The third-order valence-corrected chi connectivity index (χ3v) is 3.71. The Bertz CT molecular complexity index is 454. The van der Waals surface area contributed by atoms with E-state index in [0.29, 0.717) is 6.54 Å². The van der Waals surface area contributed by atoms with Crippen molar-refractivity contribution in [2.75, 3.05) is 25.0 Å². The molecule has 3 nitrogen and oxygen atoms in total. The van der Waals surface area contributed by atoms with E-state index in [2.05, 4.69) is 10.2 Å². The molecule has 0 spiro atoms. The number of hydrogen-bond acceptors (Lipinski definition) is 2. The molecule has 0 atom stereocenters. The van der Waals surface area contributed by atoms with Gasteiger partial charge in [0.1, 0.15) is 5.82 Å². The first-order chi connectivity index (χ1) is 9.65. The van der Waals surface area contributed by atoms with Crippen LogP contribution >= 0.6 is 0 Å². The second-order valence-electron chi connectivity index (χ2n) is 5.58. The van der Waals surface area contributed by atoms with Gasteiger partial charge in [-0.05, 0) is 50.6 Å². The highest BCUT2D eigenvalue weighted by Gasteiger charge is 2.13. The van der Waals surface area contributed by atoms with Gasteiger partial charge >= 0.3 is 0 Å². The van der Waals surface area contributed by atoms with E-state index in [-0.39, 0.29) is 17.4 Å². The Morgan fingerprint density at radius 1 is 1.20 bits per heavy atom. The lowest BCUT2D eigenvalue weighted by molar-refractivity contribution is -0.117. The van der Waals surface area contributed by atoms with Crippen LogP contribution in [0.2, 0.25) is 0 Å². The first-order valence-corrected chi connectivity index (χ1v) is 7.43. The second-order valence-corrected chi connectivity index (χ2v) is 5.58. The van der Waals surface area contributed by atoms with Gasteiger partial charge in [0.05, 0.1) is 12.2 Å². The molecule has 0 radical (unpaired) electrons. The van der Waals surface area contributed by atoms with Gasteiger partial charge in [-0.2, -0.15) is 0 Å². The number of anilines is 1. The molecule has 0 saturated carbocycles. The summed E-state index contributed by atoms with van der Waals surface area (Å²) in [5.74, 6) is -0.501. The molecule has 2 rings (SSSR count). The molecule has 1 aliphatic heterocycles. The van der Waals surface area contributed by atoms with Crippen LogP contribution in [0.1, 0.15) is 37.7 Å². The summed E-state index contributed by atoms with van der Waals surface area (Å²) in [6.45, 7) is 4.11. The Kier molecular flexibility index (Phi) is 5.53. The molecule has 1 amide bonds. The van der Waals surface area contributed by atoms with Gasteiger partial charge in [-0.25, -0.2) is 4.39 Å². The van der Waals surface area contributed by atoms with E-state index in [4.69, 9.17) is 0 Å². The molecule has 0 unspecified atom stereocenters. The molecule has 1 fully saturated rings. The average Bonchev–Trinajstić information content (AvgIpc) is 2.36. The van der Waals surface area contributed by atoms with Gasteiger partial charge in [0.25, 0.3) is 0 Å². The number of carbonyl (C=O) groups excluding carboxylic acids is 1. The van der Waals surface area contributed by atoms with E-state index in [1.807, 2.05) is 6.92 Å². The highest BCUT2D eigenvalue weighted by Crippen LogP contribution is 2.15. The lowest BCUT2D eigenvalue weighted by Crippen LogP contribution is -2.35. The van der Waals surface area contributed by atoms with Crippen LogP contribution in [0.25, 0.3) is 0 Å². The molecule has 20 heavy (non-hydrogen) atoms. The van der Waals surface area contributed by atoms with Crippen molar-refractivity contribution in [3.8, 4) is 0 Å². The quantitative estimate of drug-likeness (QED) is 0.919. The molecule has 1 aliphatic rings. The molecule has 1 aromatic rings. The number of nitrogens with one attached hydrogen (secondary N) is 1. The number of benzene rings is 1. The summed E-state index contributed by atoms with van der Waals surface area (Å²) < 4.78 is 13.7. The summed E-state index contributed by atoms with van der Waals surface area (Å²) in [6.07, 6.45) is 6.07. The van der Waals surface area contributed by atoms with Crippen molar-refractivity contribution in [2.24, 2.45) is 0 Å². The maximum Gasteiger partial charge on any atom is 0.238 e. The number of aryl methyl sites for hydroxylation is 1. The van der Waals surface area contributed by atoms with E-state index in [1.54, 1.807) is 12.1 Å². The number of rotatable bonds is 3. The normalized spacial score (nSPS) is 17.3. The number of halogens is 1. The number of nitrogens with zero attached hydrogens (tertiary/aromatic N) is 1. The smallest absolute Gasteiger partial charge is 0.238 e. The van der Waals surface area contributed by atoms with Crippen molar-refractivity contribution in [1.82, 2.24) is 4.90 Å². The predicted molar refractivity (Wildman–Crippen MR) is 79.3 cm³/mol. The second kappa shape index (κ2) is 7.39. The SMILES string of the molecule is Cc1ccc(NC(=O)CN2CCCCCCC2)c(F)c1. The van der Waals surface area contributed by atoms with Gasteiger partial charge in [-0.1, -0.05) is 25.3 Å². The minimum Gasteiger partial charge on any atom is -0.322 e. The zero-order chi connectivity index (χ0) is 14.4. The molecular weight excluding hydrogens is 255 g/mol. The summed E-state index contributed by atoms with van der Waals surface area (Å²) >= 11 is 0. The van der Waals surface area contributed by atoms with Crippen LogP contribution in [0, 0.1) is 12.7 Å². The van der Waals surface area contributed by atoms with E-state index in [9.17, 15) is 9.18 Å². The number of amides is 1. The Balaban J connectivity index is 1.87. The first-order valence-electron chi connectivity index (χ1n) is 7.43. The zero-order valence-electron chi connectivity index (χ0n) is 12.1. The molecule has 110 valence electrons. The fraction of sp³-hybridized carbons (Fsp3) is 0.562. The van der Waals surface area contributed by atoms with Crippen LogP contribution in [0.4, 0.5) is 10.1 Å². The van der Waals surface area contributed by atoms with Gasteiger partial charge in [-0.15, -0.1) is 0 Å². The fourth-order valence-electron chi connectivity index (χ4n) is 2.59. The third kappa shape index (κ3) is 4.60. The Morgan fingerprint density at radius 3 is 2.50 bits per heavy atom. The van der Waals surface area contributed by atoms with Gasteiger partial charge in [0.15, 0.2) is 0 Å². The number of carbonyl (C=O) groups is 1. The van der Waals surface area contributed by atoms with Crippen LogP contribution in [0.15, 0.2) is 18.2 Å². The van der Waals surface area contributed by atoms with Gasteiger partial charge < -0.3 is 5.32 Å². The van der Waals surface area contributed by atoms with Crippen molar-refractivity contribution in [2.45, 2.75) is 39.0 Å². The van der Waals surface area contributed by atoms with Crippen molar-refractivity contribution in [1.29, 1.82) is 0 Å². The zero-order valence-corrected chi connectivity index (χ0v) is 12.1. The summed E-state index contributed by atoms with van der Waals surface area (Å²) in [5.41, 5.74) is 1.12. The lowest BCUT2D eigenvalue weighted by atomic mass is 10.1. The average molecular weight is 278 g/mol. The lowest BCUT2D eigenvalue weighted by Gasteiger charge is -2.23. The van der Waals surface area contributed by atoms with Crippen LogP contribution in [0.5, 0.6) is 0 Å². The first kappa shape index (κ1) is 15.0. The molecule has 1 saturated heterocycles. The van der Waals surface area contributed by atoms with Crippen LogP contribution in [0.3, 0.4) is 0 Å². The molecule has 0 bridgehead atoms. The predicted octanol–water partition coefficient (Wildman–Crippen LogP) is 3.34. The maximum atomic E-state index is 13.7. The Morgan fingerprint density at radius 2 is 1.85 bits per heavy atom. The monoisotopic (exact) mass is 278 g/mol. The van der Waals surface area contributed by atoms with E-state index < -0.39 is 0 Å². The van der Waals surface area contributed by atoms with E-state index in [1.165, 1.54) is 25.3 Å². The fourth-order valence-corrected chi connectivity index (χ4v) is 2.59. The molecule has 1 heterocycles. The van der Waals surface area contributed by atoms with Crippen molar-refractivity contribution in [3.05, 3.63) is 29.6 Å². The minimum absolute atomic E-state index is 0.131. The van der Waals surface area contributed by atoms with E-state index >= 15 is 0 Å². The largest absolute Gasteiger partial charge is 0.322 e. The summed E-state index contributed by atoms with van der Waals surface area (Å²) in [4.78, 5) is 14.2. The highest BCUT2D eigenvalue weighted by molar-refractivity contribution is 5.92. The third-order valence-electron chi connectivity index (χ3n) is 3.71. The van der Waals surface area contributed by atoms with Crippen LogP contribution in [-0.4, -0.2) is 30.4 Å². The standard InChI is InChI=1S/C16H23FN2O/c1-13-7-8-15(14(17)11-13)18-16(20)12-19-9-5-3-2-4-6-10-19/h7-8,11H,2-6,9-10,12H2,1H3,(H,18,20). The van der Waals surface area contributed by atoms with Crippen molar-refractivity contribution >= 4 is 11.6 Å². The molecule has 1 aromatic carbocycles. The Labute approximate surface area is 120 Å². The minimum atomic E-state index is -0.369. The maximum absolute atomic E-state index is 13.7. The molecule has 0 aliphatic carbocycles. The molecular formula is C16H23FN2O. The van der Waals surface area contributed by atoms with Crippen molar-refractivity contribution in [3.63, 3.8) is 0 Å². The number of likely N-dealkylation sites (tertiary alicyclic amines) is 1. The molecule has 1 N–H and O–H groups in total.